The Hall–Kier alpha value is -1.02. The maximum absolute atomic E-state index is 6.37. The molecule has 0 aliphatic heterocycles. The summed E-state index contributed by atoms with van der Waals surface area (Å²) >= 11 is 0. The summed E-state index contributed by atoms with van der Waals surface area (Å²) in [5.74, 6) is 1.02. The van der Waals surface area contributed by atoms with Crippen LogP contribution in [0.2, 0.25) is 0 Å². The molecule has 0 aromatic heterocycles. The quantitative estimate of drug-likeness (QED) is 0.853. The number of ether oxygens (including phenoxy) is 1. The number of aryl methyl sites for hydroxylation is 2. The summed E-state index contributed by atoms with van der Waals surface area (Å²) in [7, 11) is 0. The van der Waals surface area contributed by atoms with E-state index in [0.717, 1.165) is 18.7 Å². The van der Waals surface area contributed by atoms with E-state index in [4.69, 9.17) is 4.74 Å². The Morgan fingerprint density at radius 1 is 1.24 bits per heavy atom. The fourth-order valence-electron chi connectivity index (χ4n) is 3.17. The predicted octanol–water partition coefficient (Wildman–Crippen LogP) is 4.63. The van der Waals surface area contributed by atoms with Gasteiger partial charge in [-0.05, 0) is 74.8 Å². The minimum Gasteiger partial charge on any atom is -0.489 e. The van der Waals surface area contributed by atoms with Crippen molar-refractivity contribution in [3.63, 3.8) is 0 Å². The summed E-state index contributed by atoms with van der Waals surface area (Å²) in [6.45, 7) is 12.3. The van der Waals surface area contributed by atoms with Gasteiger partial charge in [-0.15, -0.1) is 0 Å². The SMILES string of the molecule is CCCNC1CCC(C)(C)CC1Oc1ccc(C)c(C)c1. The third-order valence-corrected chi connectivity index (χ3v) is 4.76. The zero-order valence-corrected chi connectivity index (χ0v) is 14.3. The second-order valence-corrected chi connectivity index (χ2v) is 7.37. The lowest BCUT2D eigenvalue weighted by molar-refractivity contribution is 0.0531. The van der Waals surface area contributed by atoms with Gasteiger partial charge in [-0.3, -0.25) is 0 Å². The lowest BCUT2D eigenvalue weighted by Crippen LogP contribution is -2.49. The van der Waals surface area contributed by atoms with Crippen molar-refractivity contribution < 1.29 is 4.74 Å². The molecular weight excluding hydrogens is 258 g/mol. The number of hydrogen-bond donors (Lipinski definition) is 1. The molecule has 0 radical (unpaired) electrons. The smallest absolute Gasteiger partial charge is 0.120 e. The number of benzene rings is 1. The predicted molar refractivity (Wildman–Crippen MR) is 90.0 cm³/mol. The number of nitrogens with one attached hydrogen (secondary N) is 1. The maximum atomic E-state index is 6.37. The Labute approximate surface area is 130 Å². The van der Waals surface area contributed by atoms with E-state index in [1.54, 1.807) is 0 Å². The van der Waals surface area contributed by atoms with Crippen LogP contribution in [0.1, 0.15) is 57.6 Å². The van der Waals surface area contributed by atoms with Gasteiger partial charge in [-0.1, -0.05) is 26.8 Å². The Morgan fingerprint density at radius 2 is 2.00 bits per heavy atom. The van der Waals surface area contributed by atoms with Crippen LogP contribution < -0.4 is 10.1 Å². The van der Waals surface area contributed by atoms with Crippen LogP contribution in [0.3, 0.4) is 0 Å². The second-order valence-electron chi connectivity index (χ2n) is 7.37. The molecule has 1 fully saturated rings. The highest BCUT2D eigenvalue weighted by atomic mass is 16.5. The first kappa shape index (κ1) is 16.4. The fourth-order valence-corrected chi connectivity index (χ4v) is 3.17. The van der Waals surface area contributed by atoms with E-state index < -0.39 is 0 Å². The molecule has 0 bridgehead atoms. The molecule has 2 nitrogen and oxygen atoms in total. The number of rotatable bonds is 5. The third-order valence-electron chi connectivity index (χ3n) is 4.76. The molecule has 2 rings (SSSR count). The molecule has 21 heavy (non-hydrogen) atoms. The molecule has 1 aliphatic rings. The highest BCUT2D eigenvalue weighted by molar-refractivity contribution is 5.34. The molecule has 1 aromatic rings. The van der Waals surface area contributed by atoms with Gasteiger partial charge in [-0.25, -0.2) is 0 Å². The van der Waals surface area contributed by atoms with Crippen LogP contribution in [0.4, 0.5) is 0 Å². The van der Waals surface area contributed by atoms with Crippen LogP contribution >= 0.6 is 0 Å². The third kappa shape index (κ3) is 4.47. The van der Waals surface area contributed by atoms with Gasteiger partial charge in [0.15, 0.2) is 0 Å². The zero-order chi connectivity index (χ0) is 15.5. The Kier molecular flexibility index (Phi) is 5.32. The summed E-state index contributed by atoms with van der Waals surface area (Å²) in [6.07, 6.45) is 5.07. The van der Waals surface area contributed by atoms with E-state index in [-0.39, 0.29) is 6.10 Å². The Morgan fingerprint density at radius 3 is 2.67 bits per heavy atom. The maximum Gasteiger partial charge on any atom is 0.120 e. The van der Waals surface area contributed by atoms with E-state index in [2.05, 4.69) is 58.1 Å². The van der Waals surface area contributed by atoms with Crippen molar-refractivity contribution in [2.45, 2.75) is 72.4 Å². The van der Waals surface area contributed by atoms with Crippen LogP contribution in [0.5, 0.6) is 5.75 Å². The van der Waals surface area contributed by atoms with E-state index in [1.807, 2.05) is 0 Å². The van der Waals surface area contributed by atoms with Gasteiger partial charge in [0.05, 0.1) is 0 Å². The van der Waals surface area contributed by atoms with Crippen LogP contribution in [-0.2, 0) is 0 Å². The summed E-state index contributed by atoms with van der Waals surface area (Å²) in [5, 5.41) is 3.68. The molecule has 0 spiro atoms. The van der Waals surface area contributed by atoms with Crippen LogP contribution in [0.25, 0.3) is 0 Å². The Balaban J connectivity index is 2.09. The van der Waals surface area contributed by atoms with Gasteiger partial charge in [0.1, 0.15) is 11.9 Å². The highest BCUT2D eigenvalue weighted by Gasteiger charge is 2.35. The van der Waals surface area contributed by atoms with E-state index in [9.17, 15) is 0 Å². The van der Waals surface area contributed by atoms with Gasteiger partial charge < -0.3 is 10.1 Å². The topological polar surface area (TPSA) is 21.3 Å². The lowest BCUT2D eigenvalue weighted by atomic mass is 9.74. The van der Waals surface area contributed by atoms with Crippen molar-refractivity contribution in [2.24, 2.45) is 5.41 Å². The van der Waals surface area contributed by atoms with Crippen molar-refractivity contribution in [1.29, 1.82) is 0 Å². The summed E-state index contributed by atoms with van der Waals surface area (Å²) in [5.41, 5.74) is 3.02. The summed E-state index contributed by atoms with van der Waals surface area (Å²) in [4.78, 5) is 0. The van der Waals surface area contributed by atoms with E-state index in [0.29, 0.717) is 11.5 Å². The molecule has 0 amide bonds. The first-order valence-electron chi connectivity index (χ1n) is 8.38. The molecular formula is C19H31NO. The second kappa shape index (κ2) is 6.83. The van der Waals surface area contributed by atoms with Crippen molar-refractivity contribution in [1.82, 2.24) is 5.32 Å². The summed E-state index contributed by atoms with van der Waals surface area (Å²) < 4.78 is 6.37. The normalized spacial score (nSPS) is 24.8. The average Bonchev–Trinajstić information content (AvgIpc) is 2.41. The van der Waals surface area contributed by atoms with Gasteiger partial charge in [0.25, 0.3) is 0 Å². The first-order chi connectivity index (χ1) is 9.91. The molecule has 2 unspecified atom stereocenters. The molecule has 0 saturated heterocycles. The molecule has 1 saturated carbocycles. The van der Waals surface area contributed by atoms with E-state index in [1.165, 1.54) is 30.4 Å². The molecule has 118 valence electrons. The van der Waals surface area contributed by atoms with Gasteiger partial charge in [0, 0.05) is 6.04 Å². The first-order valence-corrected chi connectivity index (χ1v) is 8.38. The minimum atomic E-state index is 0.280. The molecule has 2 heteroatoms. The minimum absolute atomic E-state index is 0.280. The zero-order valence-electron chi connectivity index (χ0n) is 14.3. The van der Waals surface area contributed by atoms with Crippen LogP contribution in [0, 0.1) is 19.3 Å². The molecule has 1 aromatic carbocycles. The number of hydrogen-bond acceptors (Lipinski definition) is 2. The molecule has 1 N–H and O–H groups in total. The fraction of sp³-hybridized carbons (Fsp3) is 0.684. The standard InChI is InChI=1S/C19H31NO/c1-6-11-20-17-9-10-19(4,5)13-18(17)21-16-8-7-14(2)15(3)12-16/h7-8,12,17-18,20H,6,9-11,13H2,1-5H3. The summed E-state index contributed by atoms with van der Waals surface area (Å²) in [6, 6.07) is 6.93. The highest BCUT2D eigenvalue weighted by Crippen LogP contribution is 2.37. The van der Waals surface area contributed by atoms with E-state index >= 15 is 0 Å². The van der Waals surface area contributed by atoms with Crippen LogP contribution in [0.15, 0.2) is 18.2 Å². The van der Waals surface area contributed by atoms with Gasteiger partial charge in [0.2, 0.25) is 0 Å². The monoisotopic (exact) mass is 289 g/mol. The lowest BCUT2D eigenvalue weighted by Gasteiger charge is -2.41. The largest absolute Gasteiger partial charge is 0.489 e. The average molecular weight is 289 g/mol. The molecule has 1 aliphatic carbocycles. The van der Waals surface area contributed by atoms with Crippen molar-refractivity contribution in [2.75, 3.05) is 6.54 Å². The molecule has 2 atom stereocenters. The van der Waals surface area contributed by atoms with Gasteiger partial charge in [-0.2, -0.15) is 0 Å². The van der Waals surface area contributed by atoms with Crippen molar-refractivity contribution >= 4 is 0 Å². The molecule has 0 heterocycles. The van der Waals surface area contributed by atoms with Gasteiger partial charge >= 0.3 is 0 Å². The Bertz CT molecular complexity index is 467. The van der Waals surface area contributed by atoms with Crippen molar-refractivity contribution in [3.8, 4) is 5.75 Å². The van der Waals surface area contributed by atoms with Crippen molar-refractivity contribution in [3.05, 3.63) is 29.3 Å². The van der Waals surface area contributed by atoms with Crippen LogP contribution in [-0.4, -0.2) is 18.7 Å².